The number of hydrogen-bond donors (Lipinski definition) is 3. The highest BCUT2D eigenvalue weighted by atomic mass is 16.4. The van der Waals surface area contributed by atoms with Crippen LogP contribution in [0.4, 0.5) is 5.69 Å². The van der Waals surface area contributed by atoms with E-state index in [0.29, 0.717) is 11.3 Å². The summed E-state index contributed by atoms with van der Waals surface area (Å²) in [4.78, 5) is 33.0. The van der Waals surface area contributed by atoms with Crippen molar-refractivity contribution in [2.75, 3.05) is 11.9 Å². The minimum atomic E-state index is -1.14. The van der Waals surface area contributed by atoms with E-state index in [9.17, 15) is 14.4 Å². The Labute approximate surface area is 115 Å². The molecule has 0 heterocycles. The zero-order chi connectivity index (χ0) is 15.0. The third-order valence-electron chi connectivity index (χ3n) is 2.31. The first-order valence-corrected chi connectivity index (χ1v) is 5.80. The predicted molar refractivity (Wildman–Crippen MR) is 69.7 cm³/mol. The second-order valence-corrected chi connectivity index (χ2v) is 3.91. The molecule has 0 fully saturated rings. The Bertz CT molecular complexity index is 546. The van der Waals surface area contributed by atoms with Gasteiger partial charge in [-0.1, -0.05) is 0 Å². The molecule has 0 atom stereocenters. The van der Waals surface area contributed by atoms with E-state index in [1.165, 1.54) is 0 Å². The fourth-order valence-electron chi connectivity index (χ4n) is 1.34. The molecule has 0 saturated heterocycles. The number of nitrogens with zero attached hydrogens (tertiary/aromatic N) is 1. The molecule has 0 spiro atoms. The molecule has 0 radical (unpaired) electrons. The maximum Gasteiger partial charge on any atom is 0.322 e. The molecule has 0 bridgehead atoms. The van der Waals surface area contributed by atoms with E-state index in [2.05, 4.69) is 10.6 Å². The lowest BCUT2D eigenvalue weighted by Gasteiger charge is -2.05. The zero-order valence-electron chi connectivity index (χ0n) is 10.5. The van der Waals surface area contributed by atoms with Crippen LogP contribution in [0.5, 0.6) is 0 Å². The summed E-state index contributed by atoms with van der Waals surface area (Å²) in [6, 6.07) is 8.26. The summed E-state index contributed by atoms with van der Waals surface area (Å²) < 4.78 is 0. The van der Waals surface area contributed by atoms with Crippen LogP contribution in [0.1, 0.15) is 18.4 Å². The number of carbonyl (C=O) groups is 3. The molecule has 1 aromatic carbocycles. The quantitative estimate of drug-likeness (QED) is 0.697. The van der Waals surface area contributed by atoms with Crippen molar-refractivity contribution in [2.45, 2.75) is 12.8 Å². The lowest BCUT2D eigenvalue weighted by molar-refractivity contribution is -0.138. The molecule has 104 valence electrons. The number of anilines is 1. The molecular weight excluding hydrogens is 262 g/mol. The lowest BCUT2D eigenvalue weighted by Crippen LogP contribution is -2.29. The van der Waals surface area contributed by atoms with Gasteiger partial charge in [-0.15, -0.1) is 0 Å². The highest BCUT2D eigenvalue weighted by molar-refractivity contribution is 5.93. The van der Waals surface area contributed by atoms with Gasteiger partial charge < -0.3 is 15.7 Å². The zero-order valence-corrected chi connectivity index (χ0v) is 10.5. The molecule has 1 aromatic rings. The van der Waals surface area contributed by atoms with Crippen LogP contribution in [0.3, 0.4) is 0 Å². The monoisotopic (exact) mass is 275 g/mol. The molecule has 0 aromatic heterocycles. The SMILES string of the molecule is N#Cc1ccc(NC(=O)CCC(=O)NCC(=O)O)cc1. The highest BCUT2D eigenvalue weighted by Crippen LogP contribution is 2.09. The number of carboxylic acid groups (broad SMARTS) is 1. The number of carbonyl (C=O) groups excluding carboxylic acids is 2. The topological polar surface area (TPSA) is 119 Å². The Morgan fingerprint density at radius 1 is 1.10 bits per heavy atom. The Kier molecular flexibility index (Phi) is 5.72. The average Bonchev–Trinajstić information content (AvgIpc) is 2.43. The van der Waals surface area contributed by atoms with E-state index < -0.39 is 18.4 Å². The third kappa shape index (κ3) is 5.64. The fraction of sp³-hybridized carbons (Fsp3) is 0.231. The second kappa shape index (κ2) is 7.53. The van der Waals surface area contributed by atoms with Gasteiger partial charge in [-0.3, -0.25) is 14.4 Å². The molecule has 3 N–H and O–H groups in total. The van der Waals surface area contributed by atoms with E-state index in [-0.39, 0.29) is 18.7 Å². The Morgan fingerprint density at radius 3 is 2.25 bits per heavy atom. The van der Waals surface area contributed by atoms with E-state index in [4.69, 9.17) is 10.4 Å². The minimum Gasteiger partial charge on any atom is -0.480 e. The van der Waals surface area contributed by atoms with Gasteiger partial charge in [0, 0.05) is 18.5 Å². The van der Waals surface area contributed by atoms with Crippen molar-refractivity contribution in [3.05, 3.63) is 29.8 Å². The number of nitrogens with one attached hydrogen (secondary N) is 2. The molecule has 1 rings (SSSR count). The number of aliphatic carboxylic acids is 1. The van der Waals surface area contributed by atoms with Gasteiger partial charge in [0.25, 0.3) is 0 Å². The van der Waals surface area contributed by atoms with Crippen LogP contribution >= 0.6 is 0 Å². The Hall–Kier alpha value is -2.88. The first kappa shape index (κ1) is 15.2. The summed E-state index contributed by atoms with van der Waals surface area (Å²) in [5.41, 5.74) is 1.01. The van der Waals surface area contributed by atoms with Crippen molar-refractivity contribution >= 4 is 23.5 Å². The van der Waals surface area contributed by atoms with Gasteiger partial charge in [0.1, 0.15) is 6.54 Å². The molecule has 7 nitrogen and oxygen atoms in total. The third-order valence-corrected chi connectivity index (χ3v) is 2.31. The van der Waals surface area contributed by atoms with Crippen LogP contribution in [0, 0.1) is 11.3 Å². The molecule has 0 saturated carbocycles. The normalized spacial score (nSPS) is 9.35. The summed E-state index contributed by atoms with van der Waals surface area (Å²) in [6.07, 6.45) is -0.138. The van der Waals surface area contributed by atoms with Gasteiger partial charge in [-0.25, -0.2) is 0 Å². The summed E-state index contributed by atoms with van der Waals surface area (Å²) in [5, 5.41) is 21.7. The van der Waals surface area contributed by atoms with Crippen molar-refractivity contribution in [1.82, 2.24) is 5.32 Å². The minimum absolute atomic E-state index is 0.0501. The van der Waals surface area contributed by atoms with E-state index in [0.717, 1.165) is 0 Å². The number of hydrogen-bond acceptors (Lipinski definition) is 4. The molecule has 0 unspecified atom stereocenters. The van der Waals surface area contributed by atoms with Gasteiger partial charge in [0.2, 0.25) is 11.8 Å². The van der Waals surface area contributed by atoms with E-state index in [1.807, 2.05) is 6.07 Å². The van der Waals surface area contributed by atoms with Crippen molar-refractivity contribution in [1.29, 1.82) is 5.26 Å². The first-order chi connectivity index (χ1) is 9.51. The summed E-state index contributed by atoms with van der Waals surface area (Å²) in [5.74, 6) is -2.00. The number of nitriles is 1. The maximum absolute atomic E-state index is 11.5. The van der Waals surface area contributed by atoms with Crippen molar-refractivity contribution < 1.29 is 19.5 Å². The second-order valence-electron chi connectivity index (χ2n) is 3.91. The summed E-state index contributed by atoms with van der Waals surface area (Å²) in [6.45, 7) is -0.462. The van der Waals surface area contributed by atoms with Crippen molar-refractivity contribution in [3.8, 4) is 6.07 Å². The Balaban J connectivity index is 2.34. The van der Waals surface area contributed by atoms with Crippen LogP contribution in [-0.2, 0) is 14.4 Å². The van der Waals surface area contributed by atoms with Crippen molar-refractivity contribution in [2.24, 2.45) is 0 Å². The van der Waals surface area contributed by atoms with Crippen molar-refractivity contribution in [3.63, 3.8) is 0 Å². The van der Waals surface area contributed by atoms with Gasteiger partial charge in [-0.2, -0.15) is 5.26 Å². The predicted octanol–water partition coefficient (Wildman–Crippen LogP) is 0.478. The van der Waals surface area contributed by atoms with Gasteiger partial charge in [0.15, 0.2) is 0 Å². The Morgan fingerprint density at radius 2 is 1.70 bits per heavy atom. The van der Waals surface area contributed by atoms with Crippen LogP contribution in [0.2, 0.25) is 0 Å². The van der Waals surface area contributed by atoms with Crippen LogP contribution in [0.15, 0.2) is 24.3 Å². The fourth-order valence-corrected chi connectivity index (χ4v) is 1.34. The average molecular weight is 275 g/mol. The van der Waals surface area contributed by atoms with Gasteiger partial charge in [-0.05, 0) is 24.3 Å². The molecule has 7 heteroatoms. The molecule has 0 aliphatic carbocycles. The first-order valence-electron chi connectivity index (χ1n) is 5.80. The highest BCUT2D eigenvalue weighted by Gasteiger charge is 2.08. The van der Waals surface area contributed by atoms with E-state index in [1.54, 1.807) is 24.3 Å². The molecule has 2 amide bonds. The van der Waals surface area contributed by atoms with Crippen LogP contribution < -0.4 is 10.6 Å². The van der Waals surface area contributed by atoms with E-state index >= 15 is 0 Å². The summed E-state index contributed by atoms with van der Waals surface area (Å²) in [7, 11) is 0. The number of rotatable bonds is 6. The van der Waals surface area contributed by atoms with Crippen LogP contribution in [-0.4, -0.2) is 29.4 Å². The van der Waals surface area contributed by atoms with Gasteiger partial charge >= 0.3 is 5.97 Å². The summed E-state index contributed by atoms with van der Waals surface area (Å²) >= 11 is 0. The lowest BCUT2D eigenvalue weighted by atomic mass is 10.2. The molecule has 20 heavy (non-hydrogen) atoms. The number of amides is 2. The molecule has 0 aliphatic heterocycles. The van der Waals surface area contributed by atoms with Gasteiger partial charge in [0.05, 0.1) is 11.6 Å². The largest absolute Gasteiger partial charge is 0.480 e. The molecular formula is C13H13N3O4. The number of carboxylic acids is 1. The smallest absolute Gasteiger partial charge is 0.322 e. The standard InChI is InChI=1S/C13H13N3O4/c14-7-9-1-3-10(4-2-9)16-12(18)6-5-11(17)15-8-13(19)20/h1-4H,5-6,8H2,(H,15,17)(H,16,18)(H,19,20). The van der Waals surface area contributed by atoms with Crippen LogP contribution in [0.25, 0.3) is 0 Å². The maximum atomic E-state index is 11.5. The number of benzene rings is 1. The molecule has 0 aliphatic rings.